The van der Waals surface area contributed by atoms with Crippen molar-refractivity contribution in [1.82, 2.24) is 9.55 Å². The Hall–Kier alpha value is -6.42. The second-order valence-corrected chi connectivity index (χ2v) is 16.9. The van der Waals surface area contributed by atoms with Crippen LogP contribution in [0.2, 0.25) is 0 Å². The summed E-state index contributed by atoms with van der Waals surface area (Å²) in [4.78, 5) is 9.42. The second-order valence-electron chi connectivity index (χ2n) is 16.9. The molecule has 3 heterocycles. The van der Waals surface area contributed by atoms with Crippen LogP contribution in [0.25, 0.3) is 27.6 Å². The molecule has 2 aromatic heterocycles. The van der Waals surface area contributed by atoms with Gasteiger partial charge in [-0.25, -0.2) is 4.98 Å². The molecular weight excluding hydrogens is 916 g/mol. The van der Waals surface area contributed by atoms with Crippen molar-refractivity contribution in [3.63, 3.8) is 0 Å². The van der Waals surface area contributed by atoms with Crippen LogP contribution in [-0.2, 0) is 26.5 Å². The van der Waals surface area contributed by atoms with Crippen molar-refractivity contribution in [2.75, 3.05) is 9.80 Å². The first-order chi connectivity index (χ1) is 28.9. The number of ether oxygens (including phenoxy) is 1. The number of para-hydroxylation sites is 2. The average Bonchev–Trinajstić information content (AvgIpc) is 3.81. The van der Waals surface area contributed by atoms with Gasteiger partial charge in [0.1, 0.15) is 5.82 Å². The Morgan fingerprint density at radius 1 is 0.567 bits per heavy atom. The van der Waals surface area contributed by atoms with Gasteiger partial charge in [-0.1, -0.05) is 111 Å². The zero-order valence-electron chi connectivity index (χ0n) is 33.3. The van der Waals surface area contributed by atoms with Crippen molar-refractivity contribution in [3.8, 4) is 17.3 Å². The molecule has 0 saturated heterocycles. The molecule has 0 spiro atoms. The van der Waals surface area contributed by atoms with Crippen LogP contribution in [0.3, 0.4) is 0 Å². The van der Waals surface area contributed by atoms with Gasteiger partial charge in [-0.3, -0.25) is 0 Å². The molecule has 60 heavy (non-hydrogen) atoms. The predicted molar refractivity (Wildman–Crippen MR) is 238 cm³/mol. The Balaban J connectivity index is 0.00000408. The van der Waals surface area contributed by atoms with E-state index in [1.807, 2.05) is 24.4 Å². The van der Waals surface area contributed by atoms with Crippen molar-refractivity contribution in [2.45, 2.75) is 38.0 Å². The summed E-state index contributed by atoms with van der Waals surface area (Å²) in [5.41, 5.74) is 15.9. The van der Waals surface area contributed by atoms with E-state index < -0.39 is 0 Å². The van der Waals surface area contributed by atoms with E-state index in [9.17, 15) is 0 Å². The number of hydrogen-bond donors (Lipinski definition) is 0. The molecule has 0 unspecified atom stereocenters. The summed E-state index contributed by atoms with van der Waals surface area (Å²) in [7, 11) is 0. The number of aromatic nitrogens is 2. The third-order valence-electron chi connectivity index (χ3n) is 12.5. The van der Waals surface area contributed by atoms with Crippen molar-refractivity contribution in [3.05, 3.63) is 222 Å². The minimum Gasteiger partial charge on any atom is -0.509 e. The number of nitrogens with zero attached hydrogens (tertiary/aromatic N) is 4. The Kier molecular flexibility index (Phi) is 8.44. The first-order valence-electron chi connectivity index (χ1n) is 20.4. The maximum Gasteiger partial charge on any atom is 0.135 e. The Bertz CT molecular complexity index is 3100. The maximum absolute atomic E-state index is 6.66. The average molecular weight is 955 g/mol. The summed E-state index contributed by atoms with van der Waals surface area (Å²) in [5, 5.41) is 2.25. The van der Waals surface area contributed by atoms with E-state index >= 15 is 0 Å². The fourth-order valence-electron chi connectivity index (χ4n) is 9.73. The molecule has 2 bridgehead atoms. The molecule has 0 N–H and O–H groups in total. The Morgan fingerprint density at radius 2 is 1.18 bits per heavy atom. The molecule has 0 fully saturated rings. The third kappa shape index (κ3) is 5.59. The summed E-state index contributed by atoms with van der Waals surface area (Å²) >= 11 is 0. The monoisotopic (exact) mass is 954 g/mol. The first kappa shape index (κ1) is 36.6. The molecule has 3 aliphatic carbocycles. The van der Waals surface area contributed by atoms with E-state index in [2.05, 4.69) is 193 Å². The van der Waals surface area contributed by atoms with Crippen molar-refractivity contribution < 1.29 is 25.8 Å². The number of fused-ring (bicyclic) bond motifs is 4. The molecule has 0 radical (unpaired) electrons. The van der Waals surface area contributed by atoms with Crippen LogP contribution in [-0.4, -0.2) is 9.55 Å². The molecule has 6 heteroatoms. The van der Waals surface area contributed by atoms with Gasteiger partial charge in [0.15, 0.2) is 0 Å². The molecule has 13 rings (SSSR count). The van der Waals surface area contributed by atoms with Crippen molar-refractivity contribution >= 4 is 44.6 Å². The second kappa shape index (κ2) is 13.8. The molecular formula is C54H39N4OPt-3. The number of hydrogen-bond acceptors (Lipinski definition) is 4. The molecule has 0 atom stereocenters. The van der Waals surface area contributed by atoms with Gasteiger partial charge in [0.05, 0.1) is 0 Å². The van der Waals surface area contributed by atoms with E-state index in [1.165, 1.54) is 38.9 Å². The fourth-order valence-corrected chi connectivity index (χ4v) is 9.73. The zero-order chi connectivity index (χ0) is 39.4. The molecule has 5 nitrogen and oxygen atoms in total. The number of benzene rings is 7. The number of rotatable bonds is 5. The van der Waals surface area contributed by atoms with E-state index in [1.54, 1.807) is 0 Å². The van der Waals surface area contributed by atoms with E-state index in [4.69, 9.17) is 9.72 Å². The van der Waals surface area contributed by atoms with Crippen LogP contribution in [0, 0.1) is 18.8 Å². The van der Waals surface area contributed by atoms with Gasteiger partial charge in [-0.15, -0.1) is 48.1 Å². The third-order valence-corrected chi connectivity index (χ3v) is 12.5. The molecule has 1 aliphatic heterocycles. The van der Waals surface area contributed by atoms with Crippen molar-refractivity contribution in [2.24, 2.45) is 0 Å². The number of pyridine rings is 1. The van der Waals surface area contributed by atoms with E-state index in [0.717, 1.165) is 50.4 Å². The molecule has 4 aliphatic rings. The minimum atomic E-state index is -0.0173. The van der Waals surface area contributed by atoms with Crippen LogP contribution in [0.5, 0.6) is 11.5 Å². The van der Waals surface area contributed by atoms with Crippen LogP contribution < -0.4 is 14.5 Å². The Morgan fingerprint density at radius 3 is 1.87 bits per heavy atom. The quantitative estimate of drug-likeness (QED) is 0.161. The van der Waals surface area contributed by atoms with Crippen LogP contribution in [0.15, 0.2) is 164 Å². The summed E-state index contributed by atoms with van der Waals surface area (Å²) in [5.74, 6) is 2.45. The summed E-state index contributed by atoms with van der Waals surface area (Å²) < 4.78 is 8.86. The summed E-state index contributed by atoms with van der Waals surface area (Å²) in [6.07, 6.45) is 1.90. The molecule has 9 aromatic rings. The van der Waals surface area contributed by atoms with Crippen LogP contribution in [0.4, 0.5) is 22.7 Å². The summed E-state index contributed by atoms with van der Waals surface area (Å²) in [6, 6.07) is 63.8. The molecule has 7 aromatic carbocycles. The van der Waals surface area contributed by atoms with Gasteiger partial charge in [0.2, 0.25) is 0 Å². The Labute approximate surface area is 364 Å². The van der Waals surface area contributed by atoms with Gasteiger partial charge >= 0.3 is 0 Å². The standard InChI is InChI=1S/C54H39N4O.Pt/c1-54(2,3)34-26-27-55-51(28-34)58-47-23-12-11-18-39(47)40-25-24-38(30-48(40)58)59-37-17-13-16-36(29-37)57-33-56(35-14-5-4-6-15-35)49-31-45-46(32-50(49)57)53-43-21-9-7-19-41(43)52(45)42-20-8-10-22-44(42)53;/h4-28,31-33,52-53H,1-3H3;/q-3;. The van der Waals surface area contributed by atoms with Crippen LogP contribution in [0.1, 0.15) is 71.6 Å². The van der Waals surface area contributed by atoms with Crippen molar-refractivity contribution in [1.29, 1.82) is 0 Å². The van der Waals surface area contributed by atoms with E-state index in [-0.39, 0.29) is 38.3 Å². The number of anilines is 4. The molecule has 0 amide bonds. The normalized spacial score (nSPS) is 16.0. The zero-order valence-corrected chi connectivity index (χ0v) is 35.6. The topological polar surface area (TPSA) is 33.5 Å². The smallest absolute Gasteiger partial charge is 0.135 e. The molecule has 0 saturated carbocycles. The van der Waals surface area contributed by atoms with Gasteiger partial charge < -0.3 is 19.1 Å². The van der Waals surface area contributed by atoms with Crippen LogP contribution >= 0.6 is 0 Å². The fraction of sp³-hybridized carbons (Fsp3) is 0.111. The van der Waals surface area contributed by atoms with Gasteiger partial charge in [0, 0.05) is 73.2 Å². The largest absolute Gasteiger partial charge is 0.509 e. The SMILES string of the molecule is CC(C)(C)c1ccnc(-n2c3[c-]c(Oc4[c-]c(N5[CH-]N(c6ccccc6)c6cc7c(cc65)C5c6ccccc6C7c6ccccc65)ccc4)ccc3c3ccccc32)c1.[Pt]. The summed E-state index contributed by atoms with van der Waals surface area (Å²) in [6.45, 7) is 8.88. The first-order valence-corrected chi connectivity index (χ1v) is 20.4. The molecule has 294 valence electrons. The van der Waals surface area contributed by atoms with Gasteiger partial charge in [-0.2, -0.15) is 12.1 Å². The van der Waals surface area contributed by atoms with Gasteiger partial charge in [-0.05, 0) is 92.2 Å². The van der Waals surface area contributed by atoms with E-state index in [0.29, 0.717) is 11.5 Å². The maximum atomic E-state index is 6.66. The predicted octanol–water partition coefficient (Wildman–Crippen LogP) is 13.3. The minimum absolute atomic E-state index is 0. The van der Waals surface area contributed by atoms with Gasteiger partial charge in [0.25, 0.3) is 0 Å².